The Labute approximate surface area is 32.6 Å². The van der Waals surface area contributed by atoms with E-state index in [1.54, 1.807) is 20.8 Å². The Morgan fingerprint density at radius 3 is 1.20 bits per heavy atom. The molecule has 0 bridgehead atoms. The highest BCUT2D eigenvalue weighted by Crippen LogP contribution is 1.93. The normalized spacial score (nSPS) is 12.0. The molecule has 1 N–H and O–H groups in total. The van der Waals surface area contributed by atoms with Gasteiger partial charge in [0.1, 0.15) is 0 Å². The van der Waals surface area contributed by atoms with Gasteiger partial charge in [-0.1, -0.05) is 0 Å². The molecule has 0 atom stereocenters. The SMILES string of the molecule is CC([13CH3])([13CH3])O. The van der Waals surface area contributed by atoms with Crippen molar-refractivity contribution in [1.82, 2.24) is 0 Å². The summed E-state index contributed by atoms with van der Waals surface area (Å²) in [5.41, 5.74) is -0.500. The summed E-state index contributed by atoms with van der Waals surface area (Å²) in [6.45, 7) is 5.23. The lowest BCUT2D eigenvalue weighted by Crippen LogP contribution is -2.10. The number of rotatable bonds is 0. The summed E-state index contributed by atoms with van der Waals surface area (Å²) in [6, 6.07) is 0. The first-order valence-corrected chi connectivity index (χ1v) is 1.72. The van der Waals surface area contributed by atoms with Crippen LogP contribution in [0.5, 0.6) is 0 Å². The second-order valence-corrected chi connectivity index (χ2v) is 2.17. The van der Waals surface area contributed by atoms with Gasteiger partial charge in [0.05, 0.1) is 5.60 Å². The van der Waals surface area contributed by atoms with Crippen molar-refractivity contribution in [2.24, 2.45) is 0 Å². The maximum atomic E-state index is 8.52. The lowest BCUT2D eigenvalue weighted by molar-refractivity contribution is 0.102. The number of hydrogen-bond donors (Lipinski definition) is 1. The highest BCUT2D eigenvalue weighted by atomic mass is 16.3. The zero-order chi connectivity index (χ0) is 4.50. The van der Waals surface area contributed by atoms with Crippen LogP contribution in [-0.2, 0) is 0 Å². The third-order valence-electron chi connectivity index (χ3n) is 0. The lowest BCUT2D eigenvalue weighted by atomic mass is 10.4. The highest BCUT2D eigenvalue weighted by molar-refractivity contribution is 4.50. The predicted molar refractivity (Wildman–Crippen MR) is 22.0 cm³/mol. The first-order valence-electron chi connectivity index (χ1n) is 1.72. The van der Waals surface area contributed by atoms with Crippen molar-refractivity contribution in [3.05, 3.63) is 0 Å². The predicted octanol–water partition coefficient (Wildman–Crippen LogP) is 0.777. The lowest BCUT2D eigenvalue weighted by Gasteiger charge is -2.04. The van der Waals surface area contributed by atoms with Crippen LogP contribution in [0, 0.1) is 0 Å². The summed E-state index contributed by atoms with van der Waals surface area (Å²) in [5, 5.41) is 8.52. The Balaban J connectivity index is 3.02. The molecule has 1 nitrogen and oxygen atoms in total. The van der Waals surface area contributed by atoms with Gasteiger partial charge in [-0.2, -0.15) is 0 Å². The molecule has 0 fully saturated rings. The topological polar surface area (TPSA) is 20.2 Å². The average Bonchev–Trinajstić information content (AvgIpc) is 0.722. The fourth-order valence-corrected chi connectivity index (χ4v) is 0. The van der Waals surface area contributed by atoms with Gasteiger partial charge >= 0.3 is 0 Å². The molecule has 32 valence electrons. The molecule has 0 saturated heterocycles. The van der Waals surface area contributed by atoms with Gasteiger partial charge in [-0.3, -0.25) is 0 Å². The molecule has 0 rings (SSSR count). The Kier molecular flexibility index (Phi) is 0.969. The third kappa shape index (κ3) is 9510. The van der Waals surface area contributed by atoms with Crippen molar-refractivity contribution in [3.63, 3.8) is 0 Å². The van der Waals surface area contributed by atoms with E-state index in [1.165, 1.54) is 0 Å². The largest absolute Gasteiger partial charge is 0.391 e. The molecule has 0 saturated carbocycles. The van der Waals surface area contributed by atoms with Crippen LogP contribution in [0.4, 0.5) is 0 Å². The summed E-state index contributed by atoms with van der Waals surface area (Å²) in [5.74, 6) is 0. The summed E-state index contributed by atoms with van der Waals surface area (Å²) < 4.78 is 0. The second kappa shape index (κ2) is 0.977. The Morgan fingerprint density at radius 2 is 1.20 bits per heavy atom. The van der Waals surface area contributed by atoms with Crippen LogP contribution in [0.2, 0.25) is 0 Å². The van der Waals surface area contributed by atoms with Crippen LogP contribution in [0.1, 0.15) is 20.8 Å². The van der Waals surface area contributed by atoms with E-state index >= 15 is 0 Å². The van der Waals surface area contributed by atoms with Gasteiger partial charge < -0.3 is 5.11 Å². The van der Waals surface area contributed by atoms with Gasteiger partial charge in [0, 0.05) is 0 Å². The van der Waals surface area contributed by atoms with Crippen molar-refractivity contribution in [3.8, 4) is 0 Å². The van der Waals surface area contributed by atoms with E-state index in [1.807, 2.05) is 0 Å². The van der Waals surface area contributed by atoms with Gasteiger partial charge in [-0.15, -0.1) is 0 Å². The van der Waals surface area contributed by atoms with Crippen LogP contribution in [0.3, 0.4) is 0 Å². The number of aliphatic hydroxyl groups is 1. The quantitative estimate of drug-likeness (QED) is 0.423. The highest BCUT2D eigenvalue weighted by Gasteiger charge is 1.97. The molecular weight excluding hydrogens is 66.0 g/mol. The van der Waals surface area contributed by atoms with Crippen LogP contribution in [-0.4, -0.2) is 10.7 Å². The van der Waals surface area contributed by atoms with Gasteiger partial charge in [-0.25, -0.2) is 0 Å². The zero-order valence-electron chi connectivity index (χ0n) is 3.95. The van der Waals surface area contributed by atoms with E-state index in [9.17, 15) is 0 Å². The first-order chi connectivity index (χ1) is 2.00. The van der Waals surface area contributed by atoms with E-state index in [0.29, 0.717) is 0 Å². The average molecular weight is 76.1 g/mol. The smallest absolute Gasteiger partial charge is 0.0563 e. The molecule has 0 aliphatic carbocycles. The van der Waals surface area contributed by atoms with Gasteiger partial charge in [0.15, 0.2) is 0 Å². The Morgan fingerprint density at radius 1 is 1.20 bits per heavy atom. The summed E-state index contributed by atoms with van der Waals surface area (Å²) in [7, 11) is 0. The van der Waals surface area contributed by atoms with Crippen LogP contribution in [0.15, 0.2) is 0 Å². The minimum atomic E-state index is -0.500. The van der Waals surface area contributed by atoms with Gasteiger partial charge in [0.2, 0.25) is 0 Å². The monoisotopic (exact) mass is 76.1 g/mol. The van der Waals surface area contributed by atoms with Crippen molar-refractivity contribution in [2.75, 3.05) is 0 Å². The van der Waals surface area contributed by atoms with Crippen molar-refractivity contribution in [1.29, 1.82) is 0 Å². The number of hydrogen-bond acceptors (Lipinski definition) is 1. The molecule has 0 aliphatic rings. The van der Waals surface area contributed by atoms with E-state index in [4.69, 9.17) is 5.11 Å². The Bertz CT molecular complexity index is 19.1. The summed E-state index contributed by atoms with van der Waals surface area (Å²) >= 11 is 0. The minimum absolute atomic E-state index is 0.500. The van der Waals surface area contributed by atoms with Crippen molar-refractivity contribution >= 4 is 0 Å². The Hall–Kier alpha value is -0.0400. The standard InChI is InChI=1S/C4H10O/c1-4(2,3)5/h5H,1-3H3/i1+1,2+1. The molecule has 0 amide bonds. The molecule has 0 aromatic rings. The van der Waals surface area contributed by atoms with Gasteiger partial charge in [-0.05, 0) is 20.8 Å². The van der Waals surface area contributed by atoms with E-state index in [2.05, 4.69) is 0 Å². The maximum absolute atomic E-state index is 8.52. The maximum Gasteiger partial charge on any atom is 0.0563 e. The fourth-order valence-electron chi connectivity index (χ4n) is 0. The van der Waals surface area contributed by atoms with E-state index in [-0.39, 0.29) is 0 Å². The second-order valence-electron chi connectivity index (χ2n) is 2.17. The zero-order valence-corrected chi connectivity index (χ0v) is 3.95. The molecule has 5 heavy (non-hydrogen) atoms. The van der Waals surface area contributed by atoms with Crippen molar-refractivity contribution in [2.45, 2.75) is 26.4 Å². The van der Waals surface area contributed by atoms with Crippen molar-refractivity contribution < 1.29 is 5.11 Å². The molecule has 0 aromatic heterocycles. The molecule has 0 aromatic carbocycles. The molecule has 1 heteroatoms. The molecule has 0 heterocycles. The van der Waals surface area contributed by atoms with Gasteiger partial charge in [0.25, 0.3) is 0 Å². The third-order valence-corrected chi connectivity index (χ3v) is 0. The van der Waals surface area contributed by atoms with E-state index < -0.39 is 5.60 Å². The van der Waals surface area contributed by atoms with Crippen LogP contribution in [0.25, 0.3) is 0 Å². The summed E-state index contributed by atoms with van der Waals surface area (Å²) in [4.78, 5) is 0. The van der Waals surface area contributed by atoms with E-state index in [0.717, 1.165) is 0 Å². The molecule has 0 radical (unpaired) electrons. The molecule has 0 spiro atoms. The summed E-state index contributed by atoms with van der Waals surface area (Å²) in [6.07, 6.45) is 0. The first kappa shape index (κ1) is 4.96. The molecule has 0 aliphatic heterocycles. The van der Waals surface area contributed by atoms with Crippen LogP contribution < -0.4 is 0 Å². The molecular formula is C4H10O. The fraction of sp³-hybridized carbons (Fsp3) is 1.00. The molecule has 0 unspecified atom stereocenters. The van der Waals surface area contributed by atoms with Crippen LogP contribution >= 0.6 is 0 Å². The minimum Gasteiger partial charge on any atom is -0.391 e.